The summed E-state index contributed by atoms with van der Waals surface area (Å²) in [6.45, 7) is 4.32. The van der Waals surface area contributed by atoms with E-state index in [4.69, 9.17) is 16.0 Å². The molecule has 2 aromatic heterocycles. The average Bonchev–Trinajstić information content (AvgIpc) is 3.34. The van der Waals surface area contributed by atoms with E-state index >= 15 is 0 Å². The van der Waals surface area contributed by atoms with Crippen molar-refractivity contribution >= 4 is 35.0 Å². The first kappa shape index (κ1) is 21.2. The average molecular weight is 453 g/mol. The number of anilines is 1. The molecule has 4 aromatic rings. The van der Waals surface area contributed by atoms with Gasteiger partial charge in [0.15, 0.2) is 11.0 Å². The number of aryl methyl sites for hydroxylation is 1. The van der Waals surface area contributed by atoms with E-state index in [9.17, 15) is 4.79 Å². The van der Waals surface area contributed by atoms with Gasteiger partial charge in [0.2, 0.25) is 5.91 Å². The lowest BCUT2D eigenvalue weighted by atomic mass is 10.2. The van der Waals surface area contributed by atoms with E-state index in [1.165, 1.54) is 11.8 Å². The molecule has 1 N–H and O–H groups in total. The SMILES string of the molecule is Cc1occc1-c1nnc(S[C@H](C)C(=O)Nc2cccc(Cl)c2)n1Cc1ccccc1. The van der Waals surface area contributed by atoms with Crippen LogP contribution in [-0.2, 0) is 11.3 Å². The Kier molecular flexibility index (Phi) is 6.44. The highest BCUT2D eigenvalue weighted by Crippen LogP contribution is 2.30. The maximum absolute atomic E-state index is 12.7. The largest absolute Gasteiger partial charge is 0.469 e. The molecule has 4 rings (SSSR count). The second-order valence-electron chi connectivity index (χ2n) is 7.03. The number of thioether (sulfide) groups is 1. The third kappa shape index (κ3) is 5.00. The number of aromatic nitrogens is 3. The number of hydrogen-bond acceptors (Lipinski definition) is 5. The molecule has 0 unspecified atom stereocenters. The summed E-state index contributed by atoms with van der Waals surface area (Å²) in [5.74, 6) is 1.34. The first-order valence-electron chi connectivity index (χ1n) is 9.76. The van der Waals surface area contributed by atoms with Crippen molar-refractivity contribution in [1.82, 2.24) is 14.8 Å². The molecule has 0 radical (unpaired) electrons. The Labute approximate surface area is 189 Å². The zero-order chi connectivity index (χ0) is 21.8. The van der Waals surface area contributed by atoms with E-state index in [1.807, 2.05) is 42.7 Å². The van der Waals surface area contributed by atoms with Gasteiger partial charge in [-0.25, -0.2) is 0 Å². The number of halogens is 1. The Morgan fingerprint density at radius 3 is 2.68 bits per heavy atom. The molecular formula is C23H21ClN4O2S. The first-order valence-corrected chi connectivity index (χ1v) is 11.0. The number of hydrogen-bond donors (Lipinski definition) is 1. The topological polar surface area (TPSA) is 72.9 Å². The first-order chi connectivity index (χ1) is 15.0. The van der Waals surface area contributed by atoms with Crippen LogP contribution >= 0.6 is 23.4 Å². The maximum Gasteiger partial charge on any atom is 0.237 e. The number of carbonyl (C=O) groups excluding carboxylic acids is 1. The van der Waals surface area contributed by atoms with E-state index in [2.05, 4.69) is 27.6 Å². The van der Waals surface area contributed by atoms with Crippen LogP contribution in [0, 0.1) is 6.92 Å². The molecule has 0 saturated carbocycles. The van der Waals surface area contributed by atoms with E-state index < -0.39 is 5.25 Å². The molecule has 0 aliphatic heterocycles. The van der Waals surface area contributed by atoms with Crippen molar-refractivity contribution in [1.29, 1.82) is 0 Å². The molecule has 0 bridgehead atoms. The summed E-state index contributed by atoms with van der Waals surface area (Å²) in [5.41, 5.74) is 2.65. The highest BCUT2D eigenvalue weighted by molar-refractivity contribution is 8.00. The number of benzene rings is 2. The lowest BCUT2D eigenvalue weighted by Crippen LogP contribution is -2.23. The molecule has 0 aliphatic carbocycles. The van der Waals surface area contributed by atoms with Gasteiger partial charge < -0.3 is 9.73 Å². The highest BCUT2D eigenvalue weighted by atomic mass is 35.5. The van der Waals surface area contributed by atoms with Crippen molar-refractivity contribution < 1.29 is 9.21 Å². The van der Waals surface area contributed by atoms with Gasteiger partial charge in [-0.3, -0.25) is 9.36 Å². The number of nitrogens with one attached hydrogen (secondary N) is 1. The van der Waals surface area contributed by atoms with Gasteiger partial charge in [0.1, 0.15) is 5.76 Å². The Hall–Kier alpha value is -3.03. The molecule has 1 atom stereocenters. The maximum atomic E-state index is 12.7. The summed E-state index contributed by atoms with van der Waals surface area (Å²) in [4.78, 5) is 12.7. The van der Waals surface area contributed by atoms with Gasteiger partial charge >= 0.3 is 0 Å². The Bertz CT molecular complexity index is 1190. The number of rotatable bonds is 7. The zero-order valence-corrected chi connectivity index (χ0v) is 18.7. The van der Waals surface area contributed by atoms with Crippen LogP contribution in [0.1, 0.15) is 18.2 Å². The van der Waals surface area contributed by atoms with Crippen LogP contribution in [0.5, 0.6) is 0 Å². The van der Waals surface area contributed by atoms with Crippen LogP contribution in [-0.4, -0.2) is 25.9 Å². The molecular weight excluding hydrogens is 432 g/mol. The smallest absolute Gasteiger partial charge is 0.237 e. The Morgan fingerprint density at radius 2 is 1.97 bits per heavy atom. The molecule has 158 valence electrons. The second-order valence-corrected chi connectivity index (χ2v) is 8.77. The number of carbonyl (C=O) groups is 1. The monoisotopic (exact) mass is 452 g/mol. The summed E-state index contributed by atoms with van der Waals surface area (Å²) >= 11 is 7.37. The second kappa shape index (κ2) is 9.41. The number of nitrogens with zero attached hydrogens (tertiary/aromatic N) is 3. The quantitative estimate of drug-likeness (QED) is 0.366. The van der Waals surface area contributed by atoms with Gasteiger partial charge in [-0.2, -0.15) is 0 Å². The van der Waals surface area contributed by atoms with Crippen molar-refractivity contribution in [3.8, 4) is 11.4 Å². The Morgan fingerprint density at radius 1 is 1.16 bits per heavy atom. The number of amides is 1. The van der Waals surface area contributed by atoms with Crippen LogP contribution in [0.15, 0.2) is 76.5 Å². The van der Waals surface area contributed by atoms with Crippen LogP contribution < -0.4 is 5.32 Å². The minimum absolute atomic E-state index is 0.137. The van der Waals surface area contributed by atoms with Crippen molar-refractivity contribution in [2.75, 3.05) is 5.32 Å². The predicted octanol–water partition coefficient (Wildman–Crippen LogP) is 5.67. The molecule has 0 fully saturated rings. The van der Waals surface area contributed by atoms with Crippen molar-refractivity contribution in [2.24, 2.45) is 0 Å². The van der Waals surface area contributed by atoms with E-state index in [0.29, 0.717) is 28.2 Å². The van der Waals surface area contributed by atoms with Gasteiger partial charge in [-0.05, 0) is 43.7 Å². The summed E-state index contributed by atoms with van der Waals surface area (Å²) in [5, 5.41) is 12.5. The zero-order valence-electron chi connectivity index (χ0n) is 17.1. The lowest BCUT2D eigenvalue weighted by Gasteiger charge is -2.14. The van der Waals surface area contributed by atoms with Gasteiger partial charge in [0.05, 0.1) is 23.6 Å². The summed E-state index contributed by atoms with van der Waals surface area (Å²) in [7, 11) is 0. The molecule has 0 spiro atoms. The minimum atomic E-state index is -0.393. The Balaban J connectivity index is 1.59. The fourth-order valence-electron chi connectivity index (χ4n) is 3.12. The van der Waals surface area contributed by atoms with Gasteiger partial charge in [0.25, 0.3) is 0 Å². The predicted molar refractivity (Wildman–Crippen MR) is 123 cm³/mol. The summed E-state index contributed by atoms with van der Waals surface area (Å²) in [6, 6.07) is 19.0. The standard InChI is InChI=1S/C23H21ClN4O2S/c1-15-20(11-12-30-15)21-26-27-23(28(21)14-17-7-4-3-5-8-17)31-16(2)22(29)25-19-10-6-9-18(24)13-19/h3-13,16H,14H2,1-2H3,(H,25,29)/t16-/m1/s1. The van der Waals surface area contributed by atoms with E-state index in [1.54, 1.807) is 30.5 Å². The molecule has 31 heavy (non-hydrogen) atoms. The van der Waals surface area contributed by atoms with Crippen molar-refractivity contribution in [2.45, 2.75) is 30.8 Å². The summed E-state index contributed by atoms with van der Waals surface area (Å²) < 4.78 is 7.48. The molecule has 0 aliphatic rings. The van der Waals surface area contributed by atoms with Crippen LogP contribution in [0.25, 0.3) is 11.4 Å². The fourth-order valence-corrected chi connectivity index (χ4v) is 4.16. The minimum Gasteiger partial charge on any atom is -0.469 e. The van der Waals surface area contributed by atoms with Gasteiger partial charge in [0, 0.05) is 10.7 Å². The van der Waals surface area contributed by atoms with E-state index in [0.717, 1.165) is 16.9 Å². The molecule has 6 nitrogen and oxygen atoms in total. The van der Waals surface area contributed by atoms with Gasteiger partial charge in [-0.1, -0.05) is 59.8 Å². The van der Waals surface area contributed by atoms with Crippen LogP contribution in [0.2, 0.25) is 5.02 Å². The van der Waals surface area contributed by atoms with Crippen molar-refractivity contribution in [3.63, 3.8) is 0 Å². The van der Waals surface area contributed by atoms with Crippen LogP contribution in [0.4, 0.5) is 5.69 Å². The molecule has 2 heterocycles. The molecule has 1 amide bonds. The lowest BCUT2D eigenvalue weighted by molar-refractivity contribution is -0.115. The summed E-state index contributed by atoms with van der Waals surface area (Å²) in [6.07, 6.45) is 1.64. The molecule has 0 saturated heterocycles. The molecule has 8 heteroatoms. The number of furan rings is 1. The third-order valence-electron chi connectivity index (χ3n) is 4.74. The highest BCUT2D eigenvalue weighted by Gasteiger charge is 2.22. The third-order valence-corrected chi connectivity index (χ3v) is 6.06. The van der Waals surface area contributed by atoms with Crippen LogP contribution in [0.3, 0.4) is 0 Å². The normalized spacial score (nSPS) is 12.0. The van der Waals surface area contributed by atoms with Gasteiger partial charge in [-0.15, -0.1) is 10.2 Å². The van der Waals surface area contributed by atoms with E-state index in [-0.39, 0.29) is 5.91 Å². The van der Waals surface area contributed by atoms with Crippen molar-refractivity contribution in [3.05, 3.63) is 83.3 Å². The fraction of sp³-hybridized carbons (Fsp3) is 0.174. The molecule has 2 aromatic carbocycles.